The molecule has 110 valence electrons. The minimum Gasteiger partial charge on any atom is -0.305 e. The number of benzene rings is 1. The van der Waals surface area contributed by atoms with E-state index >= 15 is 0 Å². The molecule has 0 unspecified atom stereocenters. The summed E-state index contributed by atoms with van der Waals surface area (Å²) in [5.41, 5.74) is 0.231. The molecule has 2 rings (SSSR count). The van der Waals surface area contributed by atoms with Crippen LogP contribution in [0.25, 0.3) is 0 Å². The van der Waals surface area contributed by atoms with E-state index in [2.05, 4.69) is 6.07 Å². The summed E-state index contributed by atoms with van der Waals surface area (Å²) in [5.74, 6) is -1.77. The minimum atomic E-state index is -0.651. The molecule has 0 saturated heterocycles. The lowest BCUT2D eigenvalue weighted by atomic mass is 9.89. The number of unbranched alkanes of at least 4 members (excludes halogenated alkanes) is 1. The Hall–Kier alpha value is -2.22. The SMILES string of the molecule is CC(C)(C#N)CCCCN1C(=O)C(=O)c2cc(F)ccc21. The largest absolute Gasteiger partial charge is 0.305 e. The molecule has 1 amide bonds. The van der Waals surface area contributed by atoms with E-state index in [-0.39, 0.29) is 11.0 Å². The molecular formula is C16H17FN2O2. The Balaban J connectivity index is 2.01. The Labute approximate surface area is 123 Å². The molecule has 1 heterocycles. The molecule has 0 spiro atoms. The lowest BCUT2D eigenvalue weighted by molar-refractivity contribution is -0.114. The van der Waals surface area contributed by atoms with Crippen LogP contribution in [0.1, 0.15) is 43.5 Å². The monoisotopic (exact) mass is 288 g/mol. The number of Topliss-reactive ketones (excluding diaryl/α,β-unsaturated/α-hetero) is 1. The number of carbonyl (C=O) groups excluding carboxylic acids is 2. The Morgan fingerprint density at radius 2 is 2.00 bits per heavy atom. The summed E-state index contributed by atoms with van der Waals surface area (Å²) < 4.78 is 13.2. The average Bonchev–Trinajstić information content (AvgIpc) is 2.68. The number of nitrogens with zero attached hydrogens (tertiary/aromatic N) is 2. The maximum atomic E-state index is 13.2. The van der Waals surface area contributed by atoms with Crippen molar-refractivity contribution in [3.8, 4) is 6.07 Å². The van der Waals surface area contributed by atoms with Gasteiger partial charge in [-0.3, -0.25) is 9.59 Å². The van der Waals surface area contributed by atoms with Crippen LogP contribution in [-0.4, -0.2) is 18.2 Å². The van der Waals surface area contributed by atoms with Crippen molar-refractivity contribution in [1.82, 2.24) is 0 Å². The molecule has 0 radical (unpaired) electrons. The van der Waals surface area contributed by atoms with E-state index in [1.54, 1.807) is 0 Å². The number of fused-ring (bicyclic) bond motifs is 1. The molecule has 0 atom stereocenters. The quantitative estimate of drug-likeness (QED) is 0.618. The van der Waals surface area contributed by atoms with Crippen LogP contribution < -0.4 is 4.90 Å². The molecule has 1 aromatic rings. The molecule has 1 aliphatic rings. The number of anilines is 1. The molecule has 0 N–H and O–H groups in total. The maximum Gasteiger partial charge on any atom is 0.299 e. The van der Waals surface area contributed by atoms with Gasteiger partial charge >= 0.3 is 0 Å². The summed E-state index contributed by atoms with van der Waals surface area (Å²) >= 11 is 0. The van der Waals surface area contributed by atoms with Gasteiger partial charge in [0.05, 0.1) is 22.7 Å². The highest BCUT2D eigenvalue weighted by Gasteiger charge is 2.35. The number of carbonyl (C=O) groups is 2. The first kappa shape index (κ1) is 15.2. The molecule has 5 heteroatoms. The van der Waals surface area contributed by atoms with E-state index in [1.807, 2.05) is 13.8 Å². The first-order chi connectivity index (χ1) is 9.85. The molecule has 21 heavy (non-hydrogen) atoms. The summed E-state index contributed by atoms with van der Waals surface area (Å²) in [6.45, 7) is 4.15. The van der Waals surface area contributed by atoms with Gasteiger partial charge < -0.3 is 4.90 Å². The van der Waals surface area contributed by atoms with Crippen molar-refractivity contribution in [2.75, 3.05) is 11.4 Å². The second-order valence-electron chi connectivity index (χ2n) is 5.90. The van der Waals surface area contributed by atoms with Crippen molar-refractivity contribution < 1.29 is 14.0 Å². The first-order valence-corrected chi connectivity index (χ1v) is 6.93. The number of hydrogen-bond donors (Lipinski definition) is 0. The lowest BCUT2D eigenvalue weighted by Crippen LogP contribution is -2.30. The average molecular weight is 288 g/mol. The third-order valence-corrected chi connectivity index (χ3v) is 3.67. The zero-order chi connectivity index (χ0) is 15.6. The highest BCUT2D eigenvalue weighted by Crippen LogP contribution is 2.30. The van der Waals surface area contributed by atoms with Crippen LogP contribution in [0, 0.1) is 22.6 Å². The van der Waals surface area contributed by atoms with Gasteiger partial charge in [-0.2, -0.15) is 5.26 Å². The zero-order valence-corrected chi connectivity index (χ0v) is 12.1. The number of ketones is 1. The Kier molecular flexibility index (Phi) is 4.08. The second kappa shape index (κ2) is 5.65. The third kappa shape index (κ3) is 3.10. The van der Waals surface area contributed by atoms with E-state index in [0.717, 1.165) is 18.9 Å². The van der Waals surface area contributed by atoms with Crippen molar-refractivity contribution in [2.24, 2.45) is 5.41 Å². The molecule has 4 nitrogen and oxygen atoms in total. The predicted molar refractivity (Wildman–Crippen MR) is 76.3 cm³/mol. The van der Waals surface area contributed by atoms with Gasteiger partial charge in [0, 0.05) is 6.54 Å². The van der Waals surface area contributed by atoms with Crippen LogP contribution in [0.5, 0.6) is 0 Å². The topological polar surface area (TPSA) is 61.2 Å². The van der Waals surface area contributed by atoms with Crippen molar-refractivity contribution in [3.63, 3.8) is 0 Å². The molecule has 0 saturated carbocycles. The van der Waals surface area contributed by atoms with E-state index in [0.29, 0.717) is 18.7 Å². The van der Waals surface area contributed by atoms with Gasteiger partial charge in [0.1, 0.15) is 5.82 Å². The fraction of sp³-hybridized carbons (Fsp3) is 0.438. The van der Waals surface area contributed by atoms with E-state index < -0.39 is 17.5 Å². The second-order valence-corrected chi connectivity index (χ2v) is 5.90. The third-order valence-electron chi connectivity index (χ3n) is 3.67. The number of rotatable bonds is 5. The number of amides is 1. The summed E-state index contributed by atoms with van der Waals surface area (Å²) in [4.78, 5) is 25.1. The number of hydrogen-bond acceptors (Lipinski definition) is 3. The molecule has 0 aliphatic carbocycles. The van der Waals surface area contributed by atoms with Gasteiger partial charge in [-0.1, -0.05) is 6.42 Å². The molecule has 0 bridgehead atoms. The maximum absolute atomic E-state index is 13.2. The van der Waals surface area contributed by atoms with Crippen LogP contribution in [0.3, 0.4) is 0 Å². The Morgan fingerprint density at radius 1 is 1.29 bits per heavy atom. The molecule has 1 aromatic carbocycles. The van der Waals surface area contributed by atoms with E-state index in [4.69, 9.17) is 5.26 Å². The Morgan fingerprint density at radius 3 is 2.67 bits per heavy atom. The van der Waals surface area contributed by atoms with Crippen LogP contribution in [-0.2, 0) is 4.79 Å². The van der Waals surface area contributed by atoms with Gasteiger partial charge in [-0.15, -0.1) is 0 Å². The van der Waals surface area contributed by atoms with Crippen LogP contribution >= 0.6 is 0 Å². The highest BCUT2D eigenvalue weighted by atomic mass is 19.1. The fourth-order valence-electron chi connectivity index (χ4n) is 2.39. The first-order valence-electron chi connectivity index (χ1n) is 6.93. The molecule has 0 fully saturated rings. The van der Waals surface area contributed by atoms with Gasteiger partial charge in [-0.05, 0) is 44.9 Å². The van der Waals surface area contributed by atoms with Crippen LogP contribution in [0.15, 0.2) is 18.2 Å². The summed E-state index contributed by atoms with van der Waals surface area (Å²) in [5, 5.41) is 8.94. The fourth-order valence-corrected chi connectivity index (χ4v) is 2.39. The van der Waals surface area contributed by atoms with Gasteiger partial charge in [0.2, 0.25) is 0 Å². The predicted octanol–water partition coefficient (Wildman–Crippen LogP) is 3.08. The van der Waals surface area contributed by atoms with E-state index in [9.17, 15) is 14.0 Å². The lowest BCUT2D eigenvalue weighted by Gasteiger charge is -2.18. The van der Waals surface area contributed by atoms with Crippen molar-refractivity contribution in [3.05, 3.63) is 29.6 Å². The normalized spacial score (nSPS) is 14.3. The summed E-state index contributed by atoms with van der Waals surface area (Å²) in [6.07, 6.45) is 2.21. The van der Waals surface area contributed by atoms with Crippen LogP contribution in [0.2, 0.25) is 0 Å². The van der Waals surface area contributed by atoms with Crippen molar-refractivity contribution >= 4 is 17.4 Å². The molecule has 0 aromatic heterocycles. The smallest absolute Gasteiger partial charge is 0.299 e. The van der Waals surface area contributed by atoms with Gasteiger partial charge in [0.25, 0.3) is 11.7 Å². The van der Waals surface area contributed by atoms with Gasteiger partial charge in [0.15, 0.2) is 0 Å². The summed E-state index contributed by atoms with van der Waals surface area (Å²) in [6, 6.07) is 6.05. The number of nitriles is 1. The standard InChI is InChI=1S/C16H17FN2O2/c1-16(2,10-18)7-3-4-8-19-13-6-5-11(17)9-12(13)14(20)15(19)21/h5-6,9H,3-4,7-8H2,1-2H3. The van der Waals surface area contributed by atoms with Crippen LogP contribution in [0.4, 0.5) is 10.1 Å². The van der Waals surface area contributed by atoms with Crippen molar-refractivity contribution in [2.45, 2.75) is 33.1 Å². The van der Waals surface area contributed by atoms with E-state index in [1.165, 1.54) is 17.0 Å². The summed E-state index contributed by atoms with van der Waals surface area (Å²) in [7, 11) is 0. The van der Waals surface area contributed by atoms with Crippen molar-refractivity contribution in [1.29, 1.82) is 5.26 Å². The molecule has 1 aliphatic heterocycles. The zero-order valence-electron chi connectivity index (χ0n) is 12.1. The number of halogens is 1. The Bertz CT molecular complexity index is 632. The molecular weight excluding hydrogens is 271 g/mol. The minimum absolute atomic E-state index is 0.136. The highest BCUT2D eigenvalue weighted by molar-refractivity contribution is 6.52. The van der Waals surface area contributed by atoms with Gasteiger partial charge in [-0.25, -0.2) is 4.39 Å².